The molecule has 0 fully saturated rings. The van der Waals surface area contributed by atoms with Gasteiger partial charge in [0.15, 0.2) is 0 Å². The maximum absolute atomic E-state index is 12.0. The largest absolute Gasteiger partial charge is 0.350 e. The zero-order valence-electron chi connectivity index (χ0n) is 15.1. The zero-order chi connectivity index (χ0) is 19.1. The van der Waals surface area contributed by atoms with Crippen molar-refractivity contribution in [2.45, 2.75) is 26.3 Å². The van der Waals surface area contributed by atoms with E-state index in [1.54, 1.807) is 0 Å². The van der Waals surface area contributed by atoms with E-state index in [-0.39, 0.29) is 11.8 Å². The lowest BCUT2D eigenvalue weighted by Crippen LogP contribution is -2.22. The Labute approximate surface area is 162 Å². The smallest absolute Gasteiger partial charge is 0.221 e. The van der Waals surface area contributed by atoms with Crippen molar-refractivity contribution in [2.75, 3.05) is 5.32 Å². The van der Waals surface area contributed by atoms with Crippen LogP contribution in [0.5, 0.6) is 0 Å². The van der Waals surface area contributed by atoms with Crippen LogP contribution in [0.15, 0.2) is 60.0 Å². The van der Waals surface area contributed by atoms with Crippen molar-refractivity contribution in [1.82, 2.24) is 10.3 Å². The van der Waals surface area contributed by atoms with E-state index >= 15 is 0 Å². The number of amides is 2. The topological polar surface area (TPSA) is 71.1 Å². The van der Waals surface area contributed by atoms with Crippen LogP contribution in [0.4, 0.5) is 5.69 Å². The third-order valence-electron chi connectivity index (χ3n) is 3.97. The molecule has 2 N–H and O–H groups in total. The van der Waals surface area contributed by atoms with Crippen LogP contribution in [-0.2, 0) is 22.6 Å². The molecule has 0 spiro atoms. The summed E-state index contributed by atoms with van der Waals surface area (Å²) in [6, 6.07) is 17.5. The standard InChI is InChI=1S/C21H21N3O2S/c1-15(25)23-18-10-8-17(9-11-18)19-14-27-21(24-19)13-22-20(26)12-7-16-5-3-2-4-6-16/h2-6,8-11,14H,7,12-13H2,1H3,(H,22,26)(H,23,25). The van der Waals surface area contributed by atoms with Crippen LogP contribution in [-0.4, -0.2) is 16.8 Å². The molecule has 2 aromatic carbocycles. The quantitative estimate of drug-likeness (QED) is 0.651. The van der Waals surface area contributed by atoms with Gasteiger partial charge in [0.1, 0.15) is 5.01 Å². The van der Waals surface area contributed by atoms with Crippen molar-refractivity contribution >= 4 is 28.8 Å². The predicted octanol–water partition coefficient (Wildman–Crippen LogP) is 4.02. The summed E-state index contributed by atoms with van der Waals surface area (Å²) in [6.07, 6.45) is 1.20. The molecule has 1 heterocycles. The van der Waals surface area contributed by atoms with Gasteiger partial charge in [-0.15, -0.1) is 11.3 Å². The normalized spacial score (nSPS) is 10.4. The molecule has 3 rings (SSSR count). The summed E-state index contributed by atoms with van der Waals surface area (Å²) in [7, 11) is 0. The molecule has 3 aromatic rings. The molecule has 0 saturated carbocycles. The van der Waals surface area contributed by atoms with Crippen molar-refractivity contribution < 1.29 is 9.59 Å². The molecule has 0 aliphatic heterocycles. The molecule has 0 aliphatic carbocycles. The van der Waals surface area contributed by atoms with Gasteiger partial charge in [-0.1, -0.05) is 42.5 Å². The number of aryl methyl sites for hydroxylation is 1. The van der Waals surface area contributed by atoms with Crippen molar-refractivity contribution in [2.24, 2.45) is 0 Å². The number of carbonyl (C=O) groups excluding carboxylic acids is 2. The predicted molar refractivity (Wildman–Crippen MR) is 108 cm³/mol. The first kappa shape index (κ1) is 18.8. The number of thiazole rings is 1. The lowest BCUT2D eigenvalue weighted by molar-refractivity contribution is -0.121. The monoisotopic (exact) mass is 379 g/mol. The number of nitrogens with one attached hydrogen (secondary N) is 2. The number of benzene rings is 2. The van der Waals surface area contributed by atoms with Crippen molar-refractivity contribution in [3.8, 4) is 11.3 Å². The maximum Gasteiger partial charge on any atom is 0.221 e. The summed E-state index contributed by atoms with van der Waals surface area (Å²) in [6.45, 7) is 1.91. The second-order valence-electron chi connectivity index (χ2n) is 6.15. The molecule has 6 heteroatoms. The Kier molecular flexibility index (Phi) is 6.33. The maximum atomic E-state index is 12.0. The zero-order valence-corrected chi connectivity index (χ0v) is 15.9. The fourth-order valence-electron chi connectivity index (χ4n) is 2.62. The summed E-state index contributed by atoms with van der Waals surface area (Å²) in [5, 5.41) is 8.50. The van der Waals surface area contributed by atoms with Gasteiger partial charge in [0, 0.05) is 30.0 Å². The SMILES string of the molecule is CC(=O)Nc1ccc(-c2csc(CNC(=O)CCc3ccccc3)n2)cc1. The molecular weight excluding hydrogens is 358 g/mol. The van der Waals surface area contributed by atoms with E-state index in [0.717, 1.165) is 33.9 Å². The van der Waals surface area contributed by atoms with Gasteiger partial charge in [-0.2, -0.15) is 0 Å². The first-order valence-electron chi connectivity index (χ1n) is 8.73. The van der Waals surface area contributed by atoms with E-state index in [1.165, 1.54) is 18.3 Å². The van der Waals surface area contributed by atoms with Crippen LogP contribution in [0.2, 0.25) is 0 Å². The fourth-order valence-corrected chi connectivity index (χ4v) is 3.36. The fraction of sp³-hybridized carbons (Fsp3) is 0.190. The van der Waals surface area contributed by atoms with Crippen molar-refractivity contribution in [3.05, 3.63) is 70.5 Å². The van der Waals surface area contributed by atoms with E-state index < -0.39 is 0 Å². The van der Waals surface area contributed by atoms with E-state index in [9.17, 15) is 9.59 Å². The van der Waals surface area contributed by atoms with E-state index in [2.05, 4.69) is 15.6 Å². The Morgan fingerprint density at radius 2 is 1.78 bits per heavy atom. The van der Waals surface area contributed by atoms with Gasteiger partial charge in [-0.3, -0.25) is 9.59 Å². The van der Waals surface area contributed by atoms with E-state index in [4.69, 9.17) is 0 Å². The number of hydrogen-bond donors (Lipinski definition) is 2. The molecule has 5 nitrogen and oxygen atoms in total. The van der Waals surface area contributed by atoms with Gasteiger partial charge in [0.2, 0.25) is 11.8 Å². The molecule has 0 aliphatic rings. The molecule has 138 valence electrons. The van der Waals surface area contributed by atoms with Gasteiger partial charge in [0.25, 0.3) is 0 Å². The molecule has 0 bridgehead atoms. The Morgan fingerprint density at radius 3 is 2.48 bits per heavy atom. The number of rotatable bonds is 7. The highest BCUT2D eigenvalue weighted by Crippen LogP contribution is 2.23. The third-order valence-corrected chi connectivity index (χ3v) is 4.82. The minimum absolute atomic E-state index is 0.0234. The van der Waals surface area contributed by atoms with Crippen LogP contribution in [0, 0.1) is 0 Å². The minimum atomic E-state index is -0.0956. The highest BCUT2D eigenvalue weighted by Gasteiger charge is 2.07. The van der Waals surface area contributed by atoms with Crippen LogP contribution in [0.1, 0.15) is 23.9 Å². The van der Waals surface area contributed by atoms with Crippen molar-refractivity contribution in [1.29, 1.82) is 0 Å². The van der Waals surface area contributed by atoms with Gasteiger partial charge in [-0.05, 0) is 24.1 Å². The Morgan fingerprint density at radius 1 is 1.04 bits per heavy atom. The summed E-state index contributed by atoms with van der Waals surface area (Å²) < 4.78 is 0. The summed E-state index contributed by atoms with van der Waals surface area (Å²) in [5.41, 5.74) is 3.75. The average molecular weight is 379 g/mol. The average Bonchev–Trinajstić information content (AvgIpc) is 3.15. The van der Waals surface area contributed by atoms with Gasteiger partial charge >= 0.3 is 0 Å². The van der Waals surface area contributed by atoms with E-state index in [0.29, 0.717) is 13.0 Å². The Balaban J connectivity index is 1.50. The first-order valence-corrected chi connectivity index (χ1v) is 9.61. The minimum Gasteiger partial charge on any atom is -0.350 e. The number of nitrogens with zero attached hydrogens (tertiary/aromatic N) is 1. The third kappa shape index (κ3) is 5.76. The van der Waals surface area contributed by atoms with Crippen LogP contribution in [0.3, 0.4) is 0 Å². The Hall–Kier alpha value is -2.99. The first-order chi connectivity index (χ1) is 13.1. The second kappa shape index (κ2) is 9.09. The molecular formula is C21H21N3O2S. The van der Waals surface area contributed by atoms with E-state index in [1.807, 2.05) is 60.0 Å². The summed E-state index contributed by atoms with van der Waals surface area (Å²) >= 11 is 1.52. The van der Waals surface area contributed by atoms with Gasteiger partial charge < -0.3 is 10.6 Å². The molecule has 27 heavy (non-hydrogen) atoms. The highest BCUT2D eigenvalue weighted by atomic mass is 32.1. The highest BCUT2D eigenvalue weighted by molar-refractivity contribution is 7.09. The molecule has 0 atom stereocenters. The second-order valence-corrected chi connectivity index (χ2v) is 7.09. The van der Waals surface area contributed by atoms with Gasteiger partial charge in [0.05, 0.1) is 12.2 Å². The number of hydrogen-bond acceptors (Lipinski definition) is 4. The number of anilines is 1. The van der Waals surface area contributed by atoms with Crippen LogP contribution >= 0.6 is 11.3 Å². The number of aromatic nitrogens is 1. The molecule has 0 unspecified atom stereocenters. The molecule has 0 radical (unpaired) electrons. The molecule has 0 saturated heterocycles. The molecule has 2 amide bonds. The van der Waals surface area contributed by atoms with Crippen LogP contribution in [0.25, 0.3) is 11.3 Å². The van der Waals surface area contributed by atoms with Gasteiger partial charge in [-0.25, -0.2) is 4.98 Å². The lowest BCUT2D eigenvalue weighted by atomic mass is 10.1. The Bertz CT molecular complexity index is 905. The summed E-state index contributed by atoms with van der Waals surface area (Å²) in [4.78, 5) is 27.7. The summed E-state index contributed by atoms with van der Waals surface area (Å²) in [5.74, 6) is -0.0723. The molecule has 1 aromatic heterocycles. The lowest BCUT2D eigenvalue weighted by Gasteiger charge is -2.04. The van der Waals surface area contributed by atoms with Crippen molar-refractivity contribution in [3.63, 3.8) is 0 Å². The number of carbonyl (C=O) groups is 2. The van der Waals surface area contributed by atoms with Crippen LogP contribution < -0.4 is 10.6 Å².